The Morgan fingerprint density at radius 2 is 1.94 bits per heavy atom. The van der Waals surface area contributed by atoms with Crippen LogP contribution in [0.25, 0.3) is 0 Å². The van der Waals surface area contributed by atoms with Crippen LogP contribution in [0.15, 0.2) is 0 Å². The first-order valence-corrected chi connectivity index (χ1v) is 8.11. The van der Waals surface area contributed by atoms with Crippen molar-refractivity contribution in [1.82, 2.24) is 9.36 Å². The van der Waals surface area contributed by atoms with Gasteiger partial charge in [-0.15, -0.1) is 0 Å². The molecule has 0 spiro atoms. The van der Waals surface area contributed by atoms with E-state index in [1.807, 2.05) is 0 Å². The van der Waals surface area contributed by atoms with Crippen molar-refractivity contribution in [2.24, 2.45) is 11.8 Å². The number of nitrogens with zero attached hydrogens (tertiary/aromatic N) is 2. The molecule has 1 aromatic heterocycles. The maximum atomic E-state index is 4.66. The molecule has 0 bridgehead atoms. The van der Waals surface area contributed by atoms with Crippen LogP contribution in [0.4, 0.5) is 5.13 Å². The van der Waals surface area contributed by atoms with Crippen LogP contribution in [0.2, 0.25) is 0 Å². The molecule has 4 heteroatoms. The fraction of sp³-hybridized carbons (Fsp3) is 0.857. The van der Waals surface area contributed by atoms with E-state index in [2.05, 4.69) is 28.5 Å². The monoisotopic (exact) mass is 265 g/mol. The molecule has 2 unspecified atom stereocenters. The summed E-state index contributed by atoms with van der Waals surface area (Å²) < 4.78 is 4.48. The van der Waals surface area contributed by atoms with Gasteiger partial charge in [0.1, 0.15) is 5.82 Å². The maximum absolute atomic E-state index is 4.66. The Labute approximate surface area is 114 Å². The van der Waals surface area contributed by atoms with Gasteiger partial charge in [-0.1, -0.05) is 26.7 Å². The first-order valence-electron chi connectivity index (χ1n) is 7.34. The van der Waals surface area contributed by atoms with E-state index >= 15 is 0 Å². The zero-order chi connectivity index (χ0) is 12.5. The normalized spacial score (nSPS) is 28.6. The van der Waals surface area contributed by atoms with Gasteiger partial charge in [0.2, 0.25) is 5.13 Å². The fourth-order valence-corrected chi connectivity index (χ4v) is 3.80. The van der Waals surface area contributed by atoms with Crippen LogP contribution in [-0.4, -0.2) is 15.4 Å². The van der Waals surface area contributed by atoms with Gasteiger partial charge in [-0.05, 0) is 37.5 Å². The van der Waals surface area contributed by atoms with Gasteiger partial charge in [-0.2, -0.15) is 4.37 Å². The highest BCUT2D eigenvalue weighted by molar-refractivity contribution is 7.09. The van der Waals surface area contributed by atoms with Crippen LogP contribution in [0.5, 0.6) is 0 Å². The number of nitrogens with one attached hydrogen (secondary N) is 1. The second-order valence-corrected chi connectivity index (χ2v) is 6.93. The molecule has 2 saturated carbocycles. The van der Waals surface area contributed by atoms with Gasteiger partial charge in [0.15, 0.2) is 0 Å². The molecule has 3 rings (SSSR count). The lowest BCUT2D eigenvalue weighted by atomic mass is 9.78. The summed E-state index contributed by atoms with van der Waals surface area (Å²) in [4.78, 5) is 4.66. The minimum atomic E-state index is 0.610. The van der Waals surface area contributed by atoms with Gasteiger partial charge in [-0.3, -0.25) is 0 Å². The fourth-order valence-electron chi connectivity index (χ4n) is 3.10. The van der Waals surface area contributed by atoms with Crippen LogP contribution < -0.4 is 5.32 Å². The van der Waals surface area contributed by atoms with Gasteiger partial charge < -0.3 is 5.32 Å². The molecule has 0 aromatic carbocycles. The number of hydrogen-bond donors (Lipinski definition) is 1. The number of hydrogen-bond acceptors (Lipinski definition) is 4. The summed E-state index contributed by atoms with van der Waals surface area (Å²) in [6.45, 7) is 4.70. The lowest BCUT2D eigenvalue weighted by Gasteiger charge is -2.34. The Kier molecular flexibility index (Phi) is 3.55. The Morgan fingerprint density at radius 3 is 2.67 bits per heavy atom. The Bertz CT molecular complexity index is 397. The molecule has 0 saturated heterocycles. The van der Waals surface area contributed by atoms with E-state index in [0.29, 0.717) is 12.0 Å². The SMILES string of the molecule is CC(C)C1CCCCC1Nc1nc(C2CC2)ns1. The third-order valence-electron chi connectivity index (χ3n) is 4.37. The lowest BCUT2D eigenvalue weighted by Crippen LogP contribution is -2.35. The molecule has 2 aliphatic rings. The summed E-state index contributed by atoms with van der Waals surface area (Å²) in [5.74, 6) is 3.31. The average molecular weight is 265 g/mol. The van der Waals surface area contributed by atoms with Crippen molar-refractivity contribution in [3.05, 3.63) is 5.82 Å². The summed E-state index contributed by atoms with van der Waals surface area (Å²) >= 11 is 1.55. The van der Waals surface area contributed by atoms with Crippen molar-refractivity contribution in [3.8, 4) is 0 Å². The molecule has 2 aliphatic carbocycles. The van der Waals surface area contributed by atoms with E-state index in [0.717, 1.165) is 22.8 Å². The van der Waals surface area contributed by atoms with Crippen LogP contribution in [0.1, 0.15) is 64.1 Å². The molecule has 1 heterocycles. The van der Waals surface area contributed by atoms with Gasteiger partial charge in [0.25, 0.3) is 0 Å². The van der Waals surface area contributed by atoms with E-state index in [1.54, 1.807) is 11.5 Å². The summed E-state index contributed by atoms with van der Waals surface area (Å²) in [7, 11) is 0. The highest BCUT2D eigenvalue weighted by atomic mass is 32.1. The van der Waals surface area contributed by atoms with Crippen LogP contribution in [-0.2, 0) is 0 Å². The van der Waals surface area contributed by atoms with Gasteiger partial charge in [0.05, 0.1) is 0 Å². The highest BCUT2D eigenvalue weighted by Crippen LogP contribution is 2.40. The van der Waals surface area contributed by atoms with Crippen molar-refractivity contribution < 1.29 is 0 Å². The van der Waals surface area contributed by atoms with E-state index in [9.17, 15) is 0 Å². The van der Waals surface area contributed by atoms with E-state index in [4.69, 9.17) is 0 Å². The molecule has 2 fully saturated rings. The molecule has 1 N–H and O–H groups in total. The van der Waals surface area contributed by atoms with Gasteiger partial charge in [-0.25, -0.2) is 4.98 Å². The molecular weight excluding hydrogens is 242 g/mol. The molecule has 3 nitrogen and oxygen atoms in total. The Hall–Kier alpha value is -0.640. The van der Waals surface area contributed by atoms with Crippen molar-refractivity contribution >= 4 is 16.7 Å². The molecule has 0 aliphatic heterocycles. The van der Waals surface area contributed by atoms with Crippen molar-refractivity contribution in [2.45, 2.75) is 64.3 Å². The highest BCUT2D eigenvalue weighted by Gasteiger charge is 2.30. The number of anilines is 1. The van der Waals surface area contributed by atoms with Crippen molar-refractivity contribution in [2.75, 3.05) is 5.32 Å². The predicted molar refractivity (Wildman–Crippen MR) is 76.1 cm³/mol. The van der Waals surface area contributed by atoms with Gasteiger partial charge >= 0.3 is 0 Å². The maximum Gasteiger partial charge on any atom is 0.202 e. The molecular formula is C14H23N3S. The zero-order valence-electron chi connectivity index (χ0n) is 11.4. The topological polar surface area (TPSA) is 37.8 Å². The summed E-state index contributed by atoms with van der Waals surface area (Å²) in [5.41, 5.74) is 0. The summed E-state index contributed by atoms with van der Waals surface area (Å²) in [6.07, 6.45) is 7.98. The minimum absolute atomic E-state index is 0.610. The lowest BCUT2D eigenvalue weighted by molar-refractivity contribution is 0.254. The van der Waals surface area contributed by atoms with E-state index < -0.39 is 0 Å². The van der Waals surface area contributed by atoms with Crippen molar-refractivity contribution in [1.29, 1.82) is 0 Å². The van der Waals surface area contributed by atoms with E-state index in [1.165, 1.54) is 38.5 Å². The summed E-state index contributed by atoms with van der Waals surface area (Å²) in [5, 5.41) is 4.71. The van der Waals surface area contributed by atoms with Crippen LogP contribution in [0, 0.1) is 11.8 Å². The number of rotatable bonds is 4. The zero-order valence-corrected chi connectivity index (χ0v) is 12.2. The first kappa shape index (κ1) is 12.4. The Morgan fingerprint density at radius 1 is 1.17 bits per heavy atom. The quantitative estimate of drug-likeness (QED) is 0.892. The second kappa shape index (κ2) is 5.16. The molecule has 0 amide bonds. The van der Waals surface area contributed by atoms with E-state index in [-0.39, 0.29) is 0 Å². The van der Waals surface area contributed by atoms with Crippen molar-refractivity contribution in [3.63, 3.8) is 0 Å². The molecule has 18 heavy (non-hydrogen) atoms. The Balaban J connectivity index is 1.65. The third-order valence-corrected chi connectivity index (χ3v) is 5.03. The summed E-state index contributed by atoms with van der Waals surface area (Å²) in [6, 6.07) is 0.610. The van der Waals surface area contributed by atoms with Crippen LogP contribution in [0.3, 0.4) is 0 Å². The third kappa shape index (κ3) is 2.68. The molecule has 2 atom stereocenters. The second-order valence-electron chi connectivity index (χ2n) is 6.18. The van der Waals surface area contributed by atoms with Gasteiger partial charge in [0, 0.05) is 23.5 Å². The largest absolute Gasteiger partial charge is 0.357 e. The molecule has 0 radical (unpaired) electrons. The first-order chi connectivity index (χ1) is 8.74. The standard InChI is InChI=1S/C14H23N3S/c1-9(2)11-5-3-4-6-12(11)15-14-16-13(17-18-14)10-7-8-10/h9-12H,3-8H2,1-2H3,(H,15,16,17). The molecule has 100 valence electrons. The smallest absolute Gasteiger partial charge is 0.202 e. The number of aromatic nitrogens is 2. The molecule has 1 aromatic rings. The average Bonchev–Trinajstić information content (AvgIpc) is 3.11. The predicted octanol–water partition coefficient (Wildman–Crippen LogP) is 4.04. The minimum Gasteiger partial charge on any atom is -0.357 e. The van der Waals surface area contributed by atoms with Crippen LogP contribution >= 0.6 is 11.5 Å².